The quantitative estimate of drug-likeness (QED) is 0.861. The Morgan fingerprint density at radius 1 is 1.44 bits per heavy atom. The average Bonchev–Trinajstić information content (AvgIpc) is 2.78. The predicted molar refractivity (Wildman–Crippen MR) is 66.8 cm³/mol. The van der Waals surface area contributed by atoms with Gasteiger partial charge in [0, 0.05) is 17.0 Å². The minimum Gasteiger partial charge on any atom is -0.481 e. The molecule has 0 aliphatic rings. The number of nitrogens with zero attached hydrogens (tertiary/aromatic N) is 1. The van der Waals surface area contributed by atoms with Crippen molar-refractivity contribution in [1.82, 2.24) is 4.90 Å². The van der Waals surface area contributed by atoms with Crippen molar-refractivity contribution in [3.8, 4) is 0 Å². The molecule has 16 heavy (non-hydrogen) atoms. The number of thiophene rings is 1. The van der Waals surface area contributed by atoms with Gasteiger partial charge in [0.2, 0.25) is 0 Å². The molecule has 4 heteroatoms. The summed E-state index contributed by atoms with van der Waals surface area (Å²) in [7, 11) is 1.98. The van der Waals surface area contributed by atoms with E-state index in [-0.39, 0.29) is 18.0 Å². The van der Waals surface area contributed by atoms with Gasteiger partial charge in [-0.05, 0) is 32.3 Å². The van der Waals surface area contributed by atoms with E-state index in [1.165, 1.54) is 4.88 Å². The van der Waals surface area contributed by atoms with Crippen LogP contribution in [-0.4, -0.2) is 29.1 Å². The van der Waals surface area contributed by atoms with Crippen LogP contribution in [0.2, 0.25) is 0 Å². The fourth-order valence-electron chi connectivity index (χ4n) is 1.64. The molecule has 1 rings (SSSR count). The number of carboxylic acids is 1. The second kappa shape index (κ2) is 5.46. The Kier molecular flexibility index (Phi) is 4.50. The number of hydrogen-bond donors (Lipinski definition) is 1. The van der Waals surface area contributed by atoms with Gasteiger partial charge in [-0.15, -0.1) is 11.3 Å². The Hall–Kier alpha value is -0.870. The van der Waals surface area contributed by atoms with Crippen molar-refractivity contribution in [2.75, 3.05) is 7.05 Å². The van der Waals surface area contributed by atoms with Gasteiger partial charge < -0.3 is 5.11 Å². The number of carbonyl (C=O) groups is 1. The summed E-state index contributed by atoms with van der Waals surface area (Å²) in [6.07, 6.45) is 0. The first-order chi connectivity index (χ1) is 7.45. The molecule has 0 fully saturated rings. The van der Waals surface area contributed by atoms with E-state index in [0.717, 1.165) is 0 Å². The Labute approximate surface area is 101 Å². The lowest BCUT2D eigenvalue weighted by atomic mass is 10.0. The summed E-state index contributed by atoms with van der Waals surface area (Å²) in [5.74, 6) is -1.09. The molecule has 3 atom stereocenters. The summed E-state index contributed by atoms with van der Waals surface area (Å²) < 4.78 is 0. The SMILES string of the molecule is CC(C(=O)O)C(C)N(C)C(C)c1cccs1. The molecule has 1 aromatic heterocycles. The lowest BCUT2D eigenvalue weighted by molar-refractivity contribution is -0.143. The Morgan fingerprint density at radius 2 is 2.06 bits per heavy atom. The first-order valence-electron chi connectivity index (χ1n) is 5.43. The van der Waals surface area contributed by atoms with E-state index in [0.29, 0.717) is 0 Å². The van der Waals surface area contributed by atoms with Crippen molar-refractivity contribution in [3.05, 3.63) is 22.4 Å². The summed E-state index contributed by atoms with van der Waals surface area (Å²) in [4.78, 5) is 14.3. The van der Waals surface area contributed by atoms with Crippen LogP contribution >= 0.6 is 11.3 Å². The first kappa shape index (κ1) is 13.2. The molecule has 0 amide bonds. The molecule has 1 N–H and O–H groups in total. The van der Waals surface area contributed by atoms with Crippen LogP contribution < -0.4 is 0 Å². The van der Waals surface area contributed by atoms with Gasteiger partial charge in [0.15, 0.2) is 0 Å². The smallest absolute Gasteiger partial charge is 0.307 e. The molecule has 1 aromatic rings. The second-order valence-electron chi connectivity index (χ2n) is 4.22. The van der Waals surface area contributed by atoms with Crippen molar-refractivity contribution >= 4 is 17.3 Å². The molecule has 0 radical (unpaired) electrons. The minimum absolute atomic E-state index is 0.0228. The molecule has 0 aromatic carbocycles. The molecule has 90 valence electrons. The van der Waals surface area contributed by atoms with Gasteiger partial charge in [-0.1, -0.05) is 13.0 Å². The molecule has 0 aliphatic carbocycles. The summed E-state index contributed by atoms with van der Waals surface area (Å²) in [5, 5.41) is 11.0. The molecule has 0 saturated carbocycles. The van der Waals surface area contributed by atoms with Crippen LogP contribution in [0.1, 0.15) is 31.7 Å². The van der Waals surface area contributed by atoms with Crippen LogP contribution in [0, 0.1) is 5.92 Å². The van der Waals surface area contributed by atoms with Gasteiger partial charge in [-0.25, -0.2) is 0 Å². The lowest BCUT2D eigenvalue weighted by Gasteiger charge is -2.32. The highest BCUT2D eigenvalue weighted by atomic mass is 32.1. The van der Waals surface area contributed by atoms with E-state index in [2.05, 4.69) is 17.9 Å². The molecule has 0 spiro atoms. The zero-order valence-electron chi connectivity index (χ0n) is 10.2. The summed E-state index contributed by atoms with van der Waals surface area (Å²) in [6, 6.07) is 4.39. The fourth-order valence-corrected chi connectivity index (χ4v) is 2.48. The molecule has 1 heterocycles. The topological polar surface area (TPSA) is 40.5 Å². The van der Waals surface area contributed by atoms with E-state index < -0.39 is 5.97 Å². The van der Waals surface area contributed by atoms with Gasteiger partial charge in [0.05, 0.1) is 5.92 Å². The second-order valence-corrected chi connectivity index (χ2v) is 5.20. The van der Waals surface area contributed by atoms with E-state index in [9.17, 15) is 4.79 Å². The van der Waals surface area contributed by atoms with Crippen LogP contribution in [0.25, 0.3) is 0 Å². The monoisotopic (exact) mass is 241 g/mol. The van der Waals surface area contributed by atoms with Crippen molar-refractivity contribution < 1.29 is 9.90 Å². The zero-order valence-corrected chi connectivity index (χ0v) is 11.0. The maximum atomic E-state index is 10.9. The standard InChI is InChI=1S/C12H19NO2S/c1-8(12(14)15)9(2)13(4)10(3)11-6-5-7-16-11/h5-10H,1-4H3,(H,14,15). The molecule has 0 saturated heterocycles. The van der Waals surface area contributed by atoms with Crippen molar-refractivity contribution in [2.45, 2.75) is 32.9 Å². The van der Waals surface area contributed by atoms with Crippen LogP contribution in [-0.2, 0) is 4.79 Å². The molecule has 0 aliphatic heterocycles. The number of rotatable bonds is 5. The van der Waals surface area contributed by atoms with Gasteiger partial charge in [0.25, 0.3) is 0 Å². The summed E-state index contributed by atoms with van der Waals surface area (Å²) in [6.45, 7) is 5.82. The lowest BCUT2D eigenvalue weighted by Crippen LogP contribution is -2.39. The number of carboxylic acid groups (broad SMARTS) is 1. The van der Waals surface area contributed by atoms with Gasteiger partial charge in [0.1, 0.15) is 0 Å². The van der Waals surface area contributed by atoms with Crippen molar-refractivity contribution in [3.63, 3.8) is 0 Å². The van der Waals surface area contributed by atoms with E-state index in [1.54, 1.807) is 18.3 Å². The summed E-state index contributed by atoms with van der Waals surface area (Å²) >= 11 is 1.71. The van der Waals surface area contributed by atoms with Crippen LogP contribution in [0.3, 0.4) is 0 Å². The maximum absolute atomic E-state index is 10.9. The zero-order chi connectivity index (χ0) is 12.3. The van der Waals surface area contributed by atoms with E-state index >= 15 is 0 Å². The van der Waals surface area contributed by atoms with Gasteiger partial charge in [-0.3, -0.25) is 9.69 Å². The Balaban J connectivity index is 2.70. The third kappa shape index (κ3) is 2.83. The fraction of sp³-hybridized carbons (Fsp3) is 0.583. The Bertz CT molecular complexity index is 337. The maximum Gasteiger partial charge on any atom is 0.307 e. The minimum atomic E-state index is -0.738. The number of aliphatic carboxylic acids is 1. The molecule has 3 nitrogen and oxygen atoms in total. The molecule has 0 bridgehead atoms. The van der Waals surface area contributed by atoms with E-state index in [1.807, 2.05) is 25.4 Å². The van der Waals surface area contributed by atoms with Gasteiger partial charge in [-0.2, -0.15) is 0 Å². The van der Waals surface area contributed by atoms with Crippen molar-refractivity contribution in [2.24, 2.45) is 5.92 Å². The molecule has 3 unspecified atom stereocenters. The average molecular weight is 241 g/mol. The molecular formula is C12H19NO2S. The third-order valence-corrected chi connectivity index (χ3v) is 4.36. The Morgan fingerprint density at radius 3 is 2.50 bits per heavy atom. The number of hydrogen-bond acceptors (Lipinski definition) is 3. The van der Waals surface area contributed by atoms with Crippen LogP contribution in [0.5, 0.6) is 0 Å². The third-order valence-electron chi connectivity index (χ3n) is 3.32. The predicted octanol–water partition coefficient (Wildman–Crippen LogP) is 2.85. The first-order valence-corrected chi connectivity index (χ1v) is 6.31. The summed E-state index contributed by atoms with van der Waals surface area (Å²) in [5.41, 5.74) is 0. The van der Waals surface area contributed by atoms with Crippen LogP contribution in [0.4, 0.5) is 0 Å². The largest absolute Gasteiger partial charge is 0.481 e. The highest BCUT2D eigenvalue weighted by Gasteiger charge is 2.26. The molecular weight excluding hydrogens is 222 g/mol. The van der Waals surface area contributed by atoms with Gasteiger partial charge >= 0.3 is 5.97 Å². The van der Waals surface area contributed by atoms with Crippen LogP contribution in [0.15, 0.2) is 17.5 Å². The van der Waals surface area contributed by atoms with Crippen molar-refractivity contribution in [1.29, 1.82) is 0 Å². The highest BCUT2D eigenvalue weighted by Crippen LogP contribution is 2.26. The van der Waals surface area contributed by atoms with E-state index in [4.69, 9.17) is 5.11 Å². The highest BCUT2D eigenvalue weighted by molar-refractivity contribution is 7.10. The normalized spacial score (nSPS) is 17.1.